The number of H-pyrrole nitrogens is 1. The first-order valence-electron chi connectivity index (χ1n) is 5.95. The molecule has 0 aliphatic carbocycles. The smallest absolute Gasteiger partial charge is 0.261 e. The van der Waals surface area contributed by atoms with Gasteiger partial charge in [-0.2, -0.15) is 0 Å². The average molecular weight is 273 g/mol. The summed E-state index contributed by atoms with van der Waals surface area (Å²) in [7, 11) is 1.53. The Morgan fingerprint density at radius 1 is 1.35 bits per heavy atom. The lowest BCUT2D eigenvalue weighted by molar-refractivity contribution is 0.102. The highest BCUT2D eigenvalue weighted by molar-refractivity contribution is 6.05. The van der Waals surface area contributed by atoms with Crippen LogP contribution in [0.25, 0.3) is 0 Å². The molecule has 0 radical (unpaired) electrons. The summed E-state index contributed by atoms with van der Waals surface area (Å²) in [6.07, 6.45) is 1.38. The molecule has 1 aromatic heterocycles. The van der Waals surface area contributed by atoms with Crippen molar-refractivity contribution in [2.75, 3.05) is 18.2 Å². The number of nitrogens with one attached hydrogen (secondary N) is 2. The van der Waals surface area contributed by atoms with Crippen LogP contribution in [0.2, 0.25) is 0 Å². The van der Waals surface area contributed by atoms with Crippen LogP contribution in [-0.2, 0) is 0 Å². The monoisotopic (exact) mass is 273 g/mol. The van der Waals surface area contributed by atoms with Crippen LogP contribution in [0.3, 0.4) is 0 Å². The van der Waals surface area contributed by atoms with Gasteiger partial charge >= 0.3 is 0 Å². The predicted molar refractivity (Wildman–Crippen MR) is 77.2 cm³/mol. The van der Waals surface area contributed by atoms with Gasteiger partial charge in [0.15, 0.2) is 5.43 Å². The fourth-order valence-corrected chi connectivity index (χ4v) is 1.72. The van der Waals surface area contributed by atoms with E-state index in [0.29, 0.717) is 22.8 Å². The van der Waals surface area contributed by atoms with E-state index in [9.17, 15) is 9.59 Å². The number of aromatic amines is 1. The van der Waals surface area contributed by atoms with Gasteiger partial charge in [-0.3, -0.25) is 9.59 Å². The molecule has 0 fully saturated rings. The zero-order valence-electron chi connectivity index (χ0n) is 11.2. The molecule has 0 unspecified atom stereocenters. The maximum absolute atomic E-state index is 12.0. The van der Waals surface area contributed by atoms with Crippen LogP contribution in [0.1, 0.15) is 16.1 Å². The molecule has 0 spiro atoms. The molecule has 1 heterocycles. The number of benzene rings is 1. The minimum atomic E-state index is -0.511. The Kier molecular flexibility index (Phi) is 3.74. The molecule has 4 N–H and O–H groups in total. The van der Waals surface area contributed by atoms with E-state index in [0.717, 1.165) is 0 Å². The number of pyridine rings is 1. The normalized spacial score (nSPS) is 10.1. The van der Waals surface area contributed by atoms with Crippen molar-refractivity contribution in [1.29, 1.82) is 0 Å². The quantitative estimate of drug-likeness (QED) is 0.739. The molecule has 6 heteroatoms. The van der Waals surface area contributed by atoms with Crippen LogP contribution in [0, 0.1) is 6.92 Å². The number of aryl methyl sites for hydroxylation is 1. The maximum Gasteiger partial charge on any atom is 0.261 e. The summed E-state index contributed by atoms with van der Waals surface area (Å²) in [5, 5.41) is 2.60. The summed E-state index contributed by atoms with van der Waals surface area (Å²) in [5.41, 5.74) is 6.98. The summed E-state index contributed by atoms with van der Waals surface area (Å²) in [5.74, 6) is 0.0804. The largest absolute Gasteiger partial charge is 0.497 e. The second-order valence-corrected chi connectivity index (χ2v) is 4.30. The minimum Gasteiger partial charge on any atom is -0.497 e. The van der Waals surface area contributed by atoms with Gasteiger partial charge in [-0.05, 0) is 19.1 Å². The van der Waals surface area contributed by atoms with Crippen LogP contribution < -0.4 is 21.2 Å². The van der Waals surface area contributed by atoms with Gasteiger partial charge in [-0.15, -0.1) is 0 Å². The molecule has 0 atom stereocenters. The van der Waals surface area contributed by atoms with E-state index in [1.54, 1.807) is 25.1 Å². The van der Waals surface area contributed by atoms with Crippen molar-refractivity contribution in [3.05, 3.63) is 51.9 Å². The summed E-state index contributed by atoms with van der Waals surface area (Å²) < 4.78 is 5.02. The van der Waals surface area contributed by atoms with E-state index in [4.69, 9.17) is 10.5 Å². The van der Waals surface area contributed by atoms with Crippen LogP contribution in [0.15, 0.2) is 35.3 Å². The topological polar surface area (TPSA) is 97.2 Å². The van der Waals surface area contributed by atoms with Gasteiger partial charge in [0.05, 0.1) is 18.5 Å². The van der Waals surface area contributed by atoms with Gasteiger partial charge in [0.2, 0.25) is 0 Å². The molecule has 0 aliphatic heterocycles. The number of amides is 1. The Balaban J connectivity index is 2.25. The molecule has 2 rings (SSSR count). The molecule has 0 bridgehead atoms. The van der Waals surface area contributed by atoms with Crippen molar-refractivity contribution in [3.63, 3.8) is 0 Å². The van der Waals surface area contributed by atoms with Crippen molar-refractivity contribution >= 4 is 17.3 Å². The third-order valence-electron chi connectivity index (χ3n) is 2.81. The van der Waals surface area contributed by atoms with E-state index in [1.165, 1.54) is 19.4 Å². The van der Waals surface area contributed by atoms with Crippen molar-refractivity contribution in [1.82, 2.24) is 4.98 Å². The molecule has 20 heavy (non-hydrogen) atoms. The van der Waals surface area contributed by atoms with Crippen molar-refractivity contribution in [3.8, 4) is 5.75 Å². The Morgan fingerprint density at radius 2 is 2.10 bits per heavy atom. The molecule has 0 saturated carbocycles. The van der Waals surface area contributed by atoms with Gasteiger partial charge in [0.1, 0.15) is 11.3 Å². The summed E-state index contributed by atoms with van der Waals surface area (Å²) >= 11 is 0. The molecular weight excluding hydrogens is 258 g/mol. The van der Waals surface area contributed by atoms with Gasteiger partial charge in [0, 0.05) is 24.0 Å². The Hall–Kier alpha value is -2.76. The van der Waals surface area contributed by atoms with Crippen LogP contribution in [0.5, 0.6) is 5.75 Å². The first-order valence-corrected chi connectivity index (χ1v) is 5.95. The Bertz CT molecular complexity index is 707. The Morgan fingerprint density at radius 3 is 2.70 bits per heavy atom. The lowest BCUT2D eigenvalue weighted by Gasteiger charge is -2.09. The number of hydrogen-bond acceptors (Lipinski definition) is 4. The zero-order chi connectivity index (χ0) is 14.7. The number of nitrogen functional groups attached to an aromatic ring is 1. The molecule has 104 valence electrons. The first-order chi connectivity index (χ1) is 9.51. The fourth-order valence-electron chi connectivity index (χ4n) is 1.72. The lowest BCUT2D eigenvalue weighted by Crippen LogP contribution is -2.22. The van der Waals surface area contributed by atoms with Crippen LogP contribution in [0.4, 0.5) is 11.4 Å². The van der Waals surface area contributed by atoms with Gasteiger partial charge in [0.25, 0.3) is 5.91 Å². The molecule has 2 aromatic rings. The SMILES string of the molecule is COc1ccc(NC(=O)c2c[nH]c(C)cc2=O)c(N)c1. The van der Waals surface area contributed by atoms with Crippen molar-refractivity contribution < 1.29 is 9.53 Å². The van der Waals surface area contributed by atoms with E-state index >= 15 is 0 Å². The first kappa shape index (κ1) is 13.7. The molecular formula is C14H15N3O3. The number of carbonyl (C=O) groups is 1. The third-order valence-corrected chi connectivity index (χ3v) is 2.81. The molecule has 0 aliphatic rings. The van der Waals surface area contributed by atoms with Crippen LogP contribution in [-0.4, -0.2) is 18.0 Å². The molecule has 1 amide bonds. The van der Waals surface area contributed by atoms with Gasteiger partial charge in [-0.1, -0.05) is 0 Å². The standard InChI is InChI=1S/C14H15N3O3/c1-8-5-13(18)10(7-16-8)14(19)17-12-4-3-9(20-2)6-11(12)15/h3-7H,15H2,1-2H3,(H,16,18)(H,17,19). The average Bonchev–Trinajstić information content (AvgIpc) is 2.40. The maximum atomic E-state index is 12.0. The molecule has 0 saturated heterocycles. The van der Waals surface area contributed by atoms with Crippen LogP contribution >= 0.6 is 0 Å². The number of nitrogens with two attached hydrogens (primary N) is 1. The van der Waals surface area contributed by atoms with Crippen molar-refractivity contribution in [2.45, 2.75) is 6.92 Å². The van der Waals surface area contributed by atoms with Crippen molar-refractivity contribution in [2.24, 2.45) is 0 Å². The molecule has 1 aromatic carbocycles. The number of hydrogen-bond donors (Lipinski definition) is 3. The predicted octanol–water partition coefficient (Wildman–Crippen LogP) is 1.53. The highest BCUT2D eigenvalue weighted by atomic mass is 16.5. The molecule has 6 nitrogen and oxygen atoms in total. The third kappa shape index (κ3) is 2.80. The summed E-state index contributed by atoms with van der Waals surface area (Å²) in [6.45, 7) is 1.74. The van der Waals surface area contributed by atoms with E-state index in [-0.39, 0.29) is 11.0 Å². The minimum absolute atomic E-state index is 0.0332. The number of rotatable bonds is 3. The number of ether oxygens (including phenoxy) is 1. The number of aromatic nitrogens is 1. The number of anilines is 2. The Labute approximate surface area is 115 Å². The highest BCUT2D eigenvalue weighted by Crippen LogP contribution is 2.24. The lowest BCUT2D eigenvalue weighted by atomic mass is 10.2. The van der Waals surface area contributed by atoms with E-state index in [2.05, 4.69) is 10.3 Å². The van der Waals surface area contributed by atoms with E-state index in [1.807, 2.05) is 0 Å². The summed E-state index contributed by atoms with van der Waals surface area (Å²) in [6, 6.07) is 6.25. The van der Waals surface area contributed by atoms with Gasteiger partial charge < -0.3 is 20.8 Å². The number of methoxy groups -OCH3 is 1. The zero-order valence-corrected chi connectivity index (χ0v) is 11.2. The number of carbonyl (C=O) groups excluding carboxylic acids is 1. The second kappa shape index (κ2) is 5.48. The fraction of sp³-hybridized carbons (Fsp3) is 0.143. The highest BCUT2D eigenvalue weighted by Gasteiger charge is 2.12. The van der Waals surface area contributed by atoms with Gasteiger partial charge in [-0.25, -0.2) is 0 Å². The summed E-state index contributed by atoms with van der Waals surface area (Å²) in [4.78, 5) is 26.6. The second-order valence-electron chi connectivity index (χ2n) is 4.30. The van der Waals surface area contributed by atoms with E-state index < -0.39 is 5.91 Å².